The lowest BCUT2D eigenvalue weighted by Crippen LogP contribution is -2.50. The van der Waals surface area contributed by atoms with Crippen molar-refractivity contribution in [2.45, 2.75) is 32.6 Å². The van der Waals surface area contributed by atoms with Gasteiger partial charge in [-0.25, -0.2) is 0 Å². The predicted octanol–water partition coefficient (Wildman–Crippen LogP) is 2.16. The Morgan fingerprint density at radius 1 is 1.10 bits per heavy atom. The van der Waals surface area contributed by atoms with Crippen molar-refractivity contribution in [2.75, 3.05) is 40.8 Å². The molecule has 1 aromatic rings. The molecular formula is C21H34IN5O2. The predicted molar refractivity (Wildman–Crippen MR) is 128 cm³/mol. The highest BCUT2D eigenvalue weighted by Gasteiger charge is 2.42. The highest BCUT2D eigenvalue weighted by molar-refractivity contribution is 14.0. The minimum atomic E-state index is -0.347. The number of benzene rings is 1. The zero-order valence-electron chi connectivity index (χ0n) is 17.9. The molecule has 0 heterocycles. The summed E-state index contributed by atoms with van der Waals surface area (Å²) in [5.41, 5.74) is 1.37. The maximum Gasteiger partial charge on any atom is 0.251 e. The van der Waals surface area contributed by atoms with Crippen LogP contribution in [0.4, 0.5) is 0 Å². The number of carbonyl (C=O) groups excluding carboxylic acids is 2. The maximum atomic E-state index is 12.6. The molecule has 1 saturated carbocycles. The third-order valence-electron chi connectivity index (χ3n) is 5.22. The Morgan fingerprint density at radius 2 is 1.76 bits per heavy atom. The Hall–Kier alpha value is -1.84. The number of amides is 2. The molecule has 29 heavy (non-hydrogen) atoms. The summed E-state index contributed by atoms with van der Waals surface area (Å²) in [6, 6.07) is 7.51. The average molecular weight is 515 g/mol. The SMILES string of the molecule is CN=C(NCCNC(=O)c1cccc(C)c1)NCC1(C(=O)N(C)C)CCCC1.I. The monoisotopic (exact) mass is 515 g/mol. The van der Waals surface area contributed by atoms with E-state index in [1.807, 2.05) is 39.2 Å². The van der Waals surface area contributed by atoms with Crippen LogP contribution in [0.2, 0.25) is 0 Å². The van der Waals surface area contributed by atoms with Crippen LogP contribution >= 0.6 is 24.0 Å². The van der Waals surface area contributed by atoms with E-state index in [0.717, 1.165) is 31.2 Å². The van der Waals surface area contributed by atoms with Crippen LogP contribution in [0.25, 0.3) is 0 Å². The Kier molecular flexibility index (Phi) is 10.4. The van der Waals surface area contributed by atoms with Crippen LogP contribution in [0.15, 0.2) is 29.3 Å². The van der Waals surface area contributed by atoms with Gasteiger partial charge in [0.05, 0.1) is 5.41 Å². The lowest BCUT2D eigenvalue weighted by atomic mass is 9.84. The Labute approximate surface area is 191 Å². The zero-order valence-corrected chi connectivity index (χ0v) is 20.2. The Balaban J connectivity index is 0.00000420. The van der Waals surface area contributed by atoms with Gasteiger partial charge in [-0.05, 0) is 31.9 Å². The summed E-state index contributed by atoms with van der Waals surface area (Å²) in [5.74, 6) is 0.732. The third-order valence-corrected chi connectivity index (χ3v) is 5.22. The standard InChI is InChI=1S/C21H33N5O2.HI/c1-16-8-7-9-17(14-16)18(27)23-12-13-24-20(22-2)25-15-21(10-5-6-11-21)19(28)26(3)4;/h7-9,14H,5-6,10-13,15H2,1-4H3,(H,23,27)(H2,22,24,25);1H. The number of aryl methyl sites for hydroxylation is 1. The molecule has 1 fully saturated rings. The first-order chi connectivity index (χ1) is 13.4. The summed E-state index contributed by atoms with van der Waals surface area (Å²) in [4.78, 5) is 30.7. The van der Waals surface area contributed by atoms with Crippen LogP contribution in [0, 0.1) is 12.3 Å². The van der Waals surface area contributed by atoms with Gasteiger partial charge in [-0.1, -0.05) is 30.5 Å². The molecule has 0 atom stereocenters. The molecule has 8 heteroatoms. The molecule has 0 unspecified atom stereocenters. The fraction of sp³-hybridized carbons (Fsp3) is 0.571. The lowest BCUT2D eigenvalue weighted by molar-refractivity contribution is -0.138. The summed E-state index contributed by atoms with van der Waals surface area (Å²) in [5, 5.41) is 9.39. The number of nitrogens with zero attached hydrogens (tertiary/aromatic N) is 2. The average Bonchev–Trinajstić information content (AvgIpc) is 3.16. The molecule has 1 aromatic carbocycles. The molecule has 0 saturated heterocycles. The first kappa shape index (κ1) is 25.2. The number of guanidine groups is 1. The van der Waals surface area contributed by atoms with Crippen LogP contribution in [0.5, 0.6) is 0 Å². The van der Waals surface area contributed by atoms with Crippen molar-refractivity contribution in [3.05, 3.63) is 35.4 Å². The molecule has 1 aliphatic rings. The lowest BCUT2D eigenvalue weighted by Gasteiger charge is -2.31. The molecule has 2 rings (SSSR count). The highest BCUT2D eigenvalue weighted by atomic mass is 127. The van der Waals surface area contributed by atoms with E-state index in [4.69, 9.17) is 0 Å². The first-order valence-corrected chi connectivity index (χ1v) is 9.89. The molecule has 0 aliphatic heterocycles. The zero-order chi connectivity index (χ0) is 20.6. The number of halogens is 1. The topological polar surface area (TPSA) is 85.8 Å². The molecular weight excluding hydrogens is 481 g/mol. The van der Waals surface area contributed by atoms with Crippen LogP contribution in [-0.4, -0.2) is 63.5 Å². The van der Waals surface area contributed by atoms with Crippen molar-refractivity contribution >= 4 is 41.8 Å². The van der Waals surface area contributed by atoms with Gasteiger partial charge in [0, 0.05) is 46.3 Å². The van der Waals surface area contributed by atoms with Crippen LogP contribution in [0.1, 0.15) is 41.6 Å². The minimum absolute atomic E-state index is 0. The van der Waals surface area contributed by atoms with E-state index < -0.39 is 0 Å². The first-order valence-electron chi connectivity index (χ1n) is 9.89. The second kappa shape index (κ2) is 12.0. The maximum absolute atomic E-state index is 12.6. The van der Waals surface area contributed by atoms with E-state index in [1.54, 1.807) is 18.0 Å². The summed E-state index contributed by atoms with van der Waals surface area (Å²) in [6.07, 6.45) is 3.97. The van der Waals surface area contributed by atoms with Gasteiger partial charge >= 0.3 is 0 Å². The molecule has 2 amide bonds. The van der Waals surface area contributed by atoms with Crippen molar-refractivity contribution < 1.29 is 9.59 Å². The van der Waals surface area contributed by atoms with E-state index in [-0.39, 0.29) is 41.2 Å². The van der Waals surface area contributed by atoms with E-state index in [2.05, 4.69) is 20.9 Å². The Morgan fingerprint density at radius 3 is 2.34 bits per heavy atom. The van der Waals surface area contributed by atoms with E-state index >= 15 is 0 Å². The summed E-state index contributed by atoms with van der Waals surface area (Å²) < 4.78 is 0. The van der Waals surface area contributed by atoms with E-state index in [1.165, 1.54) is 0 Å². The minimum Gasteiger partial charge on any atom is -0.355 e. The van der Waals surface area contributed by atoms with Gasteiger partial charge in [-0.3, -0.25) is 14.6 Å². The number of carbonyl (C=O) groups is 2. The quantitative estimate of drug-likeness (QED) is 0.225. The molecule has 162 valence electrons. The third kappa shape index (κ3) is 7.17. The van der Waals surface area contributed by atoms with Gasteiger partial charge in [0.1, 0.15) is 0 Å². The number of aliphatic imine (C=N–C) groups is 1. The second-order valence-corrected chi connectivity index (χ2v) is 7.66. The van der Waals surface area contributed by atoms with Gasteiger partial charge in [-0.15, -0.1) is 24.0 Å². The highest BCUT2D eigenvalue weighted by Crippen LogP contribution is 2.38. The fourth-order valence-electron chi connectivity index (χ4n) is 3.71. The van der Waals surface area contributed by atoms with Crippen molar-refractivity contribution in [1.82, 2.24) is 20.9 Å². The van der Waals surface area contributed by atoms with Gasteiger partial charge in [0.2, 0.25) is 5.91 Å². The van der Waals surface area contributed by atoms with Crippen molar-refractivity contribution in [2.24, 2.45) is 10.4 Å². The smallest absolute Gasteiger partial charge is 0.251 e. The normalized spacial score (nSPS) is 15.2. The van der Waals surface area contributed by atoms with Crippen LogP contribution < -0.4 is 16.0 Å². The molecule has 7 nitrogen and oxygen atoms in total. The number of hydrogen-bond donors (Lipinski definition) is 3. The summed E-state index contributed by atoms with van der Waals surface area (Å²) >= 11 is 0. The molecule has 0 aromatic heterocycles. The largest absolute Gasteiger partial charge is 0.355 e. The number of nitrogens with one attached hydrogen (secondary N) is 3. The number of hydrogen-bond acceptors (Lipinski definition) is 3. The second-order valence-electron chi connectivity index (χ2n) is 7.66. The van der Waals surface area contributed by atoms with Gasteiger partial charge in [-0.2, -0.15) is 0 Å². The molecule has 0 bridgehead atoms. The fourth-order valence-corrected chi connectivity index (χ4v) is 3.71. The summed E-state index contributed by atoms with van der Waals surface area (Å²) in [7, 11) is 5.33. The molecule has 0 spiro atoms. The van der Waals surface area contributed by atoms with Crippen LogP contribution in [0.3, 0.4) is 0 Å². The van der Waals surface area contributed by atoms with Crippen molar-refractivity contribution in [3.8, 4) is 0 Å². The van der Waals surface area contributed by atoms with Crippen LogP contribution in [-0.2, 0) is 4.79 Å². The molecule has 1 aliphatic carbocycles. The van der Waals surface area contributed by atoms with Gasteiger partial charge < -0.3 is 20.9 Å². The van der Waals surface area contributed by atoms with E-state index in [0.29, 0.717) is 31.2 Å². The van der Waals surface area contributed by atoms with Gasteiger partial charge in [0.25, 0.3) is 5.91 Å². The summed E-state index contributed by atoms with van der Waals surface area (Å²) in [6.45, 7) is 3.56. The van der Waals surface area contributed by atoms with Gasteiger partial charge in [0.15, 0.2) is 5.96 Å². The molecule has 3 N–H and O–H groups in total. The Bertz CT molecular complexity index is 715. The molecule has 0 radical (unpaired) electrons. The van der Waals surface area contributed by atoms with Crippen molar-refractivity contribution in [1.29, 1.82) is 0 Å². The van der Waals surface area contributed by atoms with Crippen molar-refractivity contribution in [3.63, 3.8) is 0 Å². The van der Waals surface area contributed by atoms with E-state index in [9.17, 15) is 9.59 Å². The number of rotatable bonds is 7.